The number of thiocarbonyl (C=S) groups is 1. The third-order valence-corrected chi connectivity index (χ3v) is 5.44. The lowest BCUT2D eigenvalue weighted by Crippen LogP contribution is -2.54. The molecule has 2 aromatic heterocycles. The van der Waals surface area contributed by atoms with Gasteiger partial charge < -0.3 is 9.30 Å². The first-order valence-corrected chi connectivity index (χ1v) is 10.6. The molecular formula is C24H22N4O3S. The number of hydrogen-bond donors (Lipinski definition) is 1. The van der Waals surface area contributed by atoms with Gasteiger partial charge in [-0.2, -0.15) is 0 Å². The number of rotatable bonds is 5. The summed E-state index contributed by atoms with van der Waals surface area (Å²) in [5.74, 6) is 0.451. The summed E-state index contributed by atoms with van der Waals surface area (Å²) >= 11 is 5.28. The second-order valence-corrected chi connectivity index (χ2v) is 7.62. The zero-order chi connectivity index (χ0) is 22.8. The number of nitrogens with one attached hydrogen (secondary N) is 1. The topological polar surface area (TPSA) is 76.5 Å². The maximum Gasteiger partial charge on any atom is 0.270 e. The minimum atomic E-state index is -0.523. The zero-order valence-electron chi connectivity index (χ0n) is 18.0. The van der Waals surface area contributed by atoms with Gasteiger partial charge in [0.25, 0.3) is 11.8 Å². The molecule has 1 aliphatic heterocycles. The lowest BCUT2D eigenvalue weighted by Gasteiger charge is -2.29. The van der Waals surface area contributed by atoms with E-state index in [-0.39, 0.29) is 10.7 Å². The number of benzene rings is 1. The van der Waals surface area contributed by atoms with Crippen LogP contribution >= 0.6 is 12.2 Å². The molecule has 32 heavy (non-hydrogen) atoms. The van der Waals surface area contributed by atoms with Crippen LogP contribution in [0.1, 0.15) is 23.9 Å². The van der Waals surface area contributed by atoms with E-state index in [1.54, 1.807) is 36.5 Å². The largest absolute Gasteiger partial charge is 0.494 e. The quantitative estimate of drug-likeness (QED) is 0.367. The predicted octanol–water partition coefficient (Wildman–Crippen LogP) is 3.72. The summed E-state index contributed by atoms with van der Waals surface area (Å²) in [7, 11) is 0. The van der Waals surface area contributed by atoms with Crippen molar-refractivity contribution in [1.29, 1.82) is 0 Å². The van der Waals surface area contributed by atoms with Crippen molar-refractivity contribution >= 4 is 40.9 Å². The Balaban J connectivity index is 1.71. The first-order valence-electron chi connectivity index (χ1n) is 10.2. The van der Waals surface area contributed by atoms with Crippen LogP contribution in [0.15, 0.2) is 60.3 Å². The van der Waals surface area contributed by atoms with E-state index in [9.17, 15) is 9.59 Å². The fourth-order valence-corrected chi connectivity index (χ4v) is 3.96. The Labute approximate surface area is 191 Å². The van der Waals surface area contributed by atoms with E-state index >= 15 is 0 Å². The van der Waals surface area contributed by atoms with Crippen molar-refractivity contribution in [3.8, 4) is 11.6 Å². The molecule has 0 radical (unpaired) electrons. The van der Waals surface area contributed by atoms with Crippen LogP contribution in [0.25, 0.3) is 11.9 Å². The summed E-state index contributed by atoms with van der Waals surface area (Å²) in [5.41, 5.74) is 3.12. The van der Waals surface area contributed by atoms with Crippen LogP contribution in [0.5, 0.6) is 5.75 Å². The Kier molecular flexibility index (Phi) is 5.87. The number of pyridine rings is 1. The molecule has 7 nitrogen and oxygen atoms in total. The van der Waals surface area contributed by atoms with Crippen LogP contribution in [0, 0.1) is 13.8 Å². The third kappa shape index (κ3) is 3.92. The van der Waals surface area contributed by atoms with Crippen LogP contribution in [0.2, 0.25) is 0 Å². The fourth-order valence-electron chi connectivity index (χ4n) is 3.68. The van der Waals surface area contributed by atoms with E-state index in [0.717, 1.165) is 22.8 Å². The molecule has 0 atom stereocenters. The number of amides is 2. The molecule has 1 saturated heterocycles. The number of aromatic nitrogens is 2. The van der Waals surface area contributed by atoms with Crippen molar-refractivity contribution in [3.63, 3.8) is 0 Å². The molecule has 162 valence electrons. The molecule has 0 aliphatic carbocycles. The van der Waals surface area contributed by atoms with Gasteiger partial charge in [-0.05, 0) is 87.1 Å². The molecule has 1 N–H and O–H groups in total. The second kappa shape index (κ2) is 8.76. The van der Waals surface area contributed by atoms with Gasteiger partial charge in [-0.15, -0.1) is 0 Å². The molecule has 0 bridgehead atoms. The number of carbonyl (C=O) groups excluding carboxylic acids is 2. The predicted molar refractivity (Wildman–Crippen MR) is 127 cm³/mol. The summed E-state index contributed by atoms with van der Waals surface area (Å²) in [6.45, 7) is 6.32. The van der Waals surface area contributed by atoms with Gasteiger partial charge in [-0.3, -0.25) is 19.8 Å². The first kappa shape index (κ1) is 21.5. The molecule has 8 heteroatoms. The Hall–Kier alpha value is -3.78. The molecule has 1 fully saturated rings. The highest BCUT2D eigenvalue weighted by Gasteiger charge is 2.34. The van der Waals surface area contributed by atoms with E-state index in [1.807, 2.05) is 49.6 Å². The molecule has 4 rings (SSSR count). The average Bonchev–Trinajstić information content (AvgIpc) is 3.06. The second-order valence-electron chi connectivity index (χ2n) is 7.23. The normalized spacial score (nSPS) is 15.3. The summed E-state index contributed by atoms with van der Waals surface area (Å²) in [6.07, 6.45) is 3.32. The molecule has 0 spiro atoms. The lowest BCUT2D eigenvalue weighted by molar-refractivity contribution is -0.122. The van der Waals surface area contributed by atoms with Crippen molar-refractivity contribution in [2.24, 2.45) is 0 Å². The Morgan fingerprint density at radius 1 is 1.12 bits per heavy atom. The molecule has 1 aliphatic rings. The van der Waals surface area contributed by atoms with Gasteiger partial charge >= 0.3 is 0 Å². The molecule has 0 saturated carbocycles. The van der Waals surface area contributed by atoms with Gasteiger partial charge in [-0.1, -0.05) is 6.07 Å². The number of nitrogens with zero attached hydrogens (tertiary/aromatic N) is 3. The maximum absolute atomic E-state index is 13.3. The highest BCUT2D eigenvalue weighted by atomic mass is 32.1. The summed E-state index contributed by atoms with van der Waals surface area (Å²) in [5, 5.41) is 2.66. The van der Waals surface area contributed by atoms with E-state index in [1.165, 1.54) is 4.90 Å². The Bertz CT molecular complexity index is 1230. The van der Waals surface area contributed by atoms with E-state index < -0.39 is 11.8 Å². The average molecular weight is 447 g/mol. The molecular weight excluding hydrogens is 424 g/mol. The van der Waals surface area contributed by atoms with Crippen LogP contribution in [-0.2, 0) is 9.59 Å². The van der Waals surface area contributed by atoms with Crippen molar-refractivity contribution < 1.29 is 14.3 Å². The minimum Gasteiger partial charge on any atom is -0.494 e. The molecule has 0 unspecified atom stereocenters. The van der Waals surface area contributed by atoms with Crippen LogP contribution in [0.4, 0.5) is 5.69 Å². The minimum absolute atomic E-state index is 0.00811. The van der Waals surface area contributed by atoms with E-state index in [4.69, 9.17) is 17.0 Å². The summed E-state index contributed by atoms with van der Waals surface area (Å²) < 4.78 is 7.44. The first-order chi connectivity index (χ1) is 15.4. The van der Waals surface area contributed by atoms with Crippen molar-refractivity contribution in [2.75, 3.05) is 11.5 Å². The molecule has 2 amide bonds. The summed E-state index contributed by atoms with van der Waals surface area (Å²) in [6, 6.07) is 14.6. The summed E-state index contributed by atoms with van der Waals surface area (Å²) in [4.78, 5) is 31.7. The van der Waals surface area contributed by atoms with Gasteiger partial charge in [0.15, 0.2) is 5.11 Å². The Morgan fingerprint density at radius 3 is 2.53 bits per heavy atom. The van der Waals surface area contributed by atoms with Gasteiger partial charge in [0, 0.05) is 17.6 Å². The van der Waals surface area contributed by atoms with Gasteiger partial charge in [-0.25, -0.2) is 4.98 Å². The van der Waals surface area contributed by atoms with Gasteiger partial charge in [0.1, 0.15) is 17.1 Å². The number of carbonyl (C=O) groups is 2. The highest BCUT2D eigenvalue weighted by molar-refractivity contribution is 7.80. The number of anilines is 1. The monoisotopic (exact) mass is 446 g/mol. The van der Waals surface area contributed by atoms with Crippen LogP contribution in [-0.4, -0.2) is 33.1 Å². The van der Waals surface area contributed by atoms with Crippen LogP contribution in [0.3, 0.4) is 0 Å². The number of aryl methyl sites for hydroxylation is 1. The van der Waals surface area contributed by atoms with E-state index in [2.05, 4.69) is 10.3 Å². The SMILES string of the molecule is CCOc1ccc(N2C(=O)/C(=C/c3cc(C)n(-c4ccccn4)c3C)C(=O)NC2=S)cc1. The molecule has 3 heterocycles. The standard InChI is InChI=1S/C24H22N4O3S/c1-4-31-19-10-8-18(9-11-19)28-23(30)20(22(29)26-24(28)32)14-17-13-15(2)27(16(17)3)21-7-5-6-12-25-21/h5-14H,4H2,1-3H3,(H,26,29,32)/b20-14+. The lowest BCUT2D eigenvalue weighted by atomic mass is 10.1. The van der Waals surface area contributed by atoms with Crippen molar-refractivity contribution in [2.45, 2.75) is 20.8 Å². The van der Waals surface area contributed by atoms with Gasteiger partial charge in [0.05, 0.1) is 12.3 Å². The Morgan fingerprint density at radius 2 is 1.88 bits per heavy atom. The van der Waals surface area contributed by atoms with Crippen molar-refractivity contribution in [3.05, 3.63) is 77.3 Å². The maximum atomic E-state index is 13.3. The molecule has 1 aromatic carbocycles. The highest BCUT2D eigenvalue weighted by Crippen LogP contribution is 2.26. The fraction of sp³-hybridized carbons (Fsp3) is 0.167. The number of hydrogen-bond acceptors (Lipinski definition) is 5. The van der Waals surface area contributed by atoms with Crippen LogP contribution < -0.4 is 15.0 Å². The smallest absolute Gasteiger partial charge is 0.270 e. The van der Waals surface area contributed by atoms with Gasteiger partial charge in [0.2, 0.25) is 0 Å². The van der Waals surface area contributed by atoms with E-state index in [0.29, 0.717) is 18.0 Å². The zero-order valence-corrected chi connectivity index (χ0v) is 18.8. The third-order valence-electron chi connectivity index (χ3n) is 5.16. The number of ether oxygens (including phenoxy) is 1. The van der Waals surface area contributed by atoms with Crippen molar-refractivity contribution in [1.82, 2.24) is 14.9 Å². The molecule has 3 aromatic rings.